The summed E-state index contributed by atoms with van der Waals surface area (Å²) in [5.41, 5.74) is 2.28. The zero-order valence-electron chi connectivity index (χ0n) is 8.82. The maximum Gasteiger partial charge on any atom is 0.117 e. The van der Waals surface area contributed by atoms with Gasteiger partial charge in [0.25, 0.3) is 0 Å². The Kier molecular flexibility index (Phi) is 7.74. The molecule has 0 aliphatic heterocycles. The second kappa shape index (κ2) is 8.79. The van der Waals surface area contributed by atoms with Crippen molar-refractivity contribution >= 4 is 12.5 Å². The quantitative estimate of drug-likeness (QED) is 0.463. The highest BCUT2D eigenvalue weighted by Gasteiger charge is 1.90. The van der Waals surface area contributed by atoms with Crippen LogP contribution >= 0.6 is 0 Å². The van der Waals surface area contributed by atoms with Gasteiger partial charge in [0.1, 0.15) is 20.1 Å². The predicted molar refractivity (Wildman–Crippen MR) is 61.6 cm³/mol. The summed E-state index contributed by atoms with van der Waals surface area (Å²) in [5.74, 6) is 2.40. The van der Waals surface area contributed by atoms with Gasteiger partial charge in [-0.05, 0) is 24.6 Å². The van der Waals surface area contributed by atoms with Crippen LogP contribution in [0, 0.1) is 19.3 Å². The summed E-state index contributed by atoms with van der Waals surface area (Å²) in [4.78, 5) is 8.00. The van der Waals surface area contributed by atoms with Gasteiger partial charge in [-0.1, -0.05) is 18.1 Å². The highest BCUT2D eigenvalue weighted by molar-refractivity contribution is 5.44. The molecule has 1 aromatic carbocycles. The third-order valence-electron chi connectivity index (χ3n) is 1.58. The van der Waals surface area contributed by atoms with Crippen molar-refractivity contribution in [3.63, 3.8) is 0 Å². The first kappa shape index (κ1) is 13.2. The van der Waals surface area contributed by atoms with Crippen molar-refractivity contribution in [2.45, 2.75) is 6.92 Å². The molecular formula is C12H15NO2. The van der Waals surface area contributed by atoms with Crippen LogP contribution in [0.3, 0.4) is 0 Å². The zero-order chi connectivity index (χ0) is 11.5. The van der Waals surface area contributed by atoms with Crippen molar-refractivity contribution in [2.24, 2.45) is 0 Å². The molecule has 0 saturated heterocycles. The third-order valence-corrected chi connectivity index (χ3v) is 1.58. The second-order valence-corrected chi connectivity index (χ2v) is 2.74. The van der Waals surface area contributed by atoms with E-state index in [1.54, 1.807) is 0 Å². The molecule has 0 spiro atoms. The number of hydrogen-bond acceptors (Lipinski definition) is 3. The van der Waals surface area contributed by atoms with E-state index >= 15 is 0 Å². The number of aryl methyl sites for hydroxylation is 1. The predicted octanol–water partition coefficient (Wildman–Crippen LogP) is 1.83. The fourth-order valence-electron chi connectivity index (χ4n) is 0.999. The highest BCUT2D eigenvalue weighted by Crippen LogP contribution is 2.08. The average Bonchev–Trinajstić information content (AvgIpc) is 2.27. The molecule has 0 saturated carbocycles. The number of anilines is 1. The standard InChI is InChI=1S/C11H13NO.CH2O/c1-3-7-13-9-12-11-6-4-5-10(2)8-11;1-2/h1,4-6,8,12H,7,9H2,2H3;1H2. The molecule has 15 heavy (non-hydrogen) atoms. The van der Waals surface area contributed by atoms with Crippen molar-refractivity contribution in [1.29, 1.82) is 0 Å². The van der Waals surface area contributed by atoms with E-state index in [0.717, 1.165) is 5.69 Å². The number of hydrogen-bond donors (Lipinski definition) is 1. The Morgan fingerprint density at radius 2 is 2.27 bits per heavy atom. The van der Waals surface area contributed by atoms with Crippen LogP contribution in [0.15, 0.2) is 24.3 Å². The Balaban J connectivity index is 0.000000921. The van der Waals surface area contributed by atoms with Gasteiger partial charge in [-0.3, -0.25) is 0 Å². The maximum absolute atomic E-state index is 8.00. The summed E-state index contributed by atoms with van der Waals surface area (Å²) >= 11 is 0. The molecule has 0 atom stereocenters. The van der Waals surface area contributed by atoms with E-state index in [1.165, 1.54) is 5.56 Å². The van der Waals surface area contributed by atoms with E-state index in [2.05, 4.69) is 17.3 Å². The van der Waals surface area contributed by atoms with E-state index in [4.69, 9.17) is 16.0 Å². The number of carbonyl (C=O) groups is 1. The summed E-state index contributed by atoms with van der Waals surface area (Å²) in [7, 11) is 0. The molecule has 0 heterocycles. The van der Waals surface area contributed by atoms with Crippen LogP contribution in [-0.4, -0.2) is 20.1 Å². The van der Waals surface area contributed by atoms with Gasteiger partial charge in [0.2, 0.25) is 0 Å². The van der Waals surface area contributed by atoms with E-state index in [1.807, 2.05) is 31.9 Å². The minimum atomic E-state index is 0.346. The van der Waals surface area contributed by atoms with E-state index < -0.39 is 0 Å². The van der Waals surface area contributed by atoms with Crippen molar-refractivity contribution in [1.82, 2.24) is 0 Å². The van der Waals surface area contributed by atoms with Crippen LogP contribution in [0.1, 0.15) is 5.56 Å². The lowest BCUT2D eigenvalue weighted by Crippen LogP contribution is -2.05. The van der Waals surface area contributed by atoms with Gasteiger partial charge in [-0.25, -0.2) is 0 Å². The minimum Gasteiger partial charge on any atom is -0.363 e. The zero-order valence-corrected chi connectivity index (χ0v) is 8.82. The summed E-state index contributed by atoms with van der Waals surface area (Å²) in [6, 6.07) is 8.10. The smallest absolute Gasteiger partial charge is 0.117 e. The molecule has 1 aromatic rings. The molecule has 0 amide bonds. The number of nitrogens with one attached hydrogen (secondary N) is 1. The Bertz CT molecular complexity index is 318. The Morgan fingerprint density at radius 3 is 2.87 bits per heavy atom. The highest BCUT2D eigenvalue weighted by atomic mass is 16.5. The molecule has 0 aliphatic carbocycles. The molecule has 3 heteroatoms. The first-order valence-corrected chi connectivity index (χ1v) is 4.43. The Hall–Kier alpha value is -1.79. The number of terminal acetylenes is 1. The molecular weight excluding hydrogens is 190 g/mol. The SMILES string of the molecule is C#CCOCNc1cccc(C)c1.C=O. The van der Waals surface area contributed by atoms with Gasteiger partial charge in [-0.2, -0.15) is 0 Å². The van der Waals surface area contributed by atoms with Gasteiger partial charge >= 0.3 is 0 Å². The lowest BCUT2D eigenvalue weighted by Gasteiger charge is -2.05. The van der Waals surface area contributed by atoms with Crippen molar-refractivity contribution in [3.8, 4) is 12.3 Å². The average molecular weight is 205 g/mol. The molecule has 3 nitrogen and oxygen atoms in total. The van der Waals surface area contributed by atoms with Crippen molar-refractivity contribution < 1.29 is 9.53 Å². The lowest BCUT2D eigenvalue weighted by molar-refractivity contribution is -0.0979. The van der Waals surface area contributed by atoms with Crippen molar-refractivity contribution in [3.05, 3.63) is 29.8 Å². The van der Waals surface area contributed by atoms with Crippen LogP contribution in [0.5, 0.6) is 0 Å². The third kappa shape index (κ3) is 6.30. The summed E-state index contributed by atoms with van der Waals surface area (Å²) in [5, 5.41) is 3.10. The summed E-state index contributed by atoms with van der Waals surface area (Å²) in [6.07, 6.45) is 5.03. The van der Waals surface area contributed by atoms with E-state index in [9.17, 15) is 0 Å². The normalized spacial score (nSPS) is 8.27. The fourth-order valence-corrected chi connectivity index (χ4v) is 0.999. The van der Waals surface area contributed by atoms with Crippen LogP contribution in [-0.2, 0) is 9.53 Å². The second-order valence-electron chi connectivity index (χ2n) is 2.74. The molecule has 80 valence electrons. The van der Waals surface area contributed by atoms with E-state index in [0.29, 0.717) is 13.3 Å². The first-order chi connectivity index (χ1) is 7.33. The number of ether oxygens (including phenoxy) is 1. The van der Waals surface area contributed by atoms with Gasteiger partial charge in [-0.15, -0.1) is 6.42 Å². The monoisotopic (exact) mass is 205 g/mol. The lowest BCUT2D eigenvalue weighted by atomic mass is 10.2. The van der Waals surface area contributed by atoms with Gasteiger partial charge < -0.3 is 14.8 Å². The minimum absolute atomic E-state index is 0.346. The van der Waals surface area contributed by atoms with Crippen LogP contribution < -0.4 is 5.32 Å². The first-order valence-electron chi connectivity index (χ1n) is 4.43. The molecule has 0 radical (unpaired) electrons. The van der Waals surface area contributed by atoms with Gasteiger partial charge in [0.05, 0.1) is 0 Å². The molecule has 0 aliphatic rings. The molecule has 0 bridgehead atoms. The molecule has 0 unspecified atom stereocenters. The van der Waals surface area contributed by atoms with E-state index in [-0.39, 0.29) is 0 Å². The summed E-state index contributed by atoms with van der Waals surface area (Å²) < 4.78 is 5.08. The number of rotatable bonds is 4. The molecule has 0 aromatic heterocycles. The van der Waals surface area contributed by atoms with Crippen molar-refractivity contribution in [2.75, 3.05) is 18.7 Å². The Labute approximate surface area is 90.5 Å². The fraction of sp³-hybridized carbons (Fsp3) is 0.250. The van der Waals surface area contributed by atoms with Crippen LogP contribution in [0.2, 0.25) is 0 Å². The number of benzene rings is 1. The van der Waals surface area contributed by atoms with Gasteiger partial charge in [0.15, 0.2) is 0 Å². The summed E-state index contributed by atoms with van der Waals surface area (Å²) in [6.45, 7) is 4.85. The molecule has 0 fully saturated rings. The Morgan fingerprint density at radius 1 is 1.53 bits per heavy atom. The topological polar surface area (TPSA) is 38.3 Å². The molecule has 1 N–H and O–H groups in total. The molecule has 1 rings (SSSR count). The number of carbonyl (C=O) groups excluding carboxylic acids is 1. The van der Waals surface area contributed by atoms with Gasteiger partial charge in [0, 0.05) is 5.69 Å². The maximum atomic E-state index is 8.00. The van der Waals surface area contributed by atoms with Crippen LogP contribution in [0.25, 0.3) is 0 Å². The largest absolute Gasteiger partial charge is 0.363 e. The van der Waals surface area contributed by atoms with Crippen LogP contribution in [0.4, 0.5) is 5.69 Å².